The molecule has 0 aromatic heterocycles. The van der Waals surface area contributed by atoms with Gasteiger partial charge in [-0.05, 0) is 36.2 Å². The highest BCUT2D eigenvalue weighted by atomic mass is 79.9. The predicted molar refractivity (Wildman–Crippen MR) is 79.6 cm³/mol. The lowest BCUT2D eigenvalue weighted by Crippen LogP contribution is -2.06. The molecule has 3 nitrogen and oxygen atoms in total. The van der Waals surface area contributed by atoms with Gasteiger partial charge in [-0.3, -0.25) is 0 Å². The van der Waals surface area contributed by atoms with Crippen LogP contribution in [0.3, 0.4) is 0 Å². The maximum absolute atomic E-state index is 11.1. The van der Waals surface area contributed by atoms with E-state index in [1.165, 1.54) is 0 Å². The monoisotopic (exact) mass is 319 g/mol. The van der Waals surface area contributed by atoms with Crippen molar-refractivity contribution in [3.63, 3.8) is 0 Å². The Morgan fingerprint density at radius 1 is 1.21 bits per heavy atom. The molecule has 2 aromatic rings. The molecule has 0 fully saturated rings. The normalized spacial score (nSPS) is 10.2. The van der Waals surface area contributed by atoms with Crippen LogP contribution in [0, 0.1) is 6.92 Å². The fraction of sp³-hybridized carbons (Fsp3) is 0.133. The number of anilines is 1. The van der Waals surface area contributed by atoms with Gasteiger partial charge in [0, 0.05) is 16.7 Å². The van der Waals surface area contributed by atoms with E-state index in [0.29, 0.717) is 12.1 Å². The Morgan fingerprint density at radius 2 is 1.95 bits per heavy atom. The number of aromatic carboxylic acids is 1. The molecule has 0 spiro atoms. The van der Waals surface area contributed by atoms with Crippen LogP contribution < -0.4 is 5.32 Å². The molecule has 4 heteroatoms. The summed E-state index contributed by atoms with van der Waals surface area (Å²) < 4.78 is 1.04. The van der Waals surface area contributed by atoms with E-state index in [4.69, 9.17) is 5.11 Å². The number of hydrogen-bond donors (Lipinski definition) is 2. The Labute approximate surface area is 120 Å². The Balaban J connectivity index is 2.19. The second-order valence-electron chi connectivity index (χ2n) is 4.23. The van der Waals surface area contributed by atoms with Crippen molar-refractivity contribution in [1.29, 1.82) is 0 Å². The van der Waals surface area contributed by atoms with Crippen LogP contribution in [0.1, 0.15) is 21.5 Å². The minimum Gasteiger partial charge on any atom is -0.478 e. The van der Waals surface area contributed by atoms with Gasteiger partial charge in [0.15, 0.2) is 0 Å². The van der Waals surface area contributed by atoms with Crippen LogP contribution in [0.15, 0.2) is 46.9 Å². The quantitative estimate of drug-likeness (QED) is 0.893. The third-order valence-corrected chi connectivity index (χ3v) is 3.76. The molecule has 2 rings (SSSR count). The largest absolute Gasteiger partial charge is 0.478 e. The van der Waals surface area contributed by atoms with Crippen molar-refractivity contribution in [2.24, 2.45) is 0 Å². The van der Waals surface area contributed by atoms with E-state index in [2.05, 4.69) is 21.2 Å². The summed E-state index contributed by atoms with van der Waals surface area (Å²) in [4.78, 5) is 11.1. The molecule has 0 atom stereocenters. The van der Waals surface area contributed by atoms with Crippen molar-refractivity contribution in [3.05, 3.63) is 63.6 Å². The van der Waals surface area contributed by atoms with Gasteiger partial charge in [-0.15, -0.1) is 0 Å². The second kappa shape index (κ2) is 5.89. The maximum Gasteiger partial charge on any atom is 0.336 e. The first kappa shape index (κ1) is 13.6. The summed E-state index contributed by atoms with van der Waals surface area (Å²) in [6, 6.07) is 13.2. The summed E-state index contributed by atoms with van der Waals surface area (Å²) in [7, 11) is 0. The summed E-state index contributed by atoms with van der Waals surface area (Å²) in [6.45, 7) is 2.46. The van der Waals surface area contributed by atoms with Gasteiger partial charge in [-0.2, -0.15) is 0 Å². The van der Waals surface area contributed by atoms with E-state index in [1.807, 2.05) is 37.3 Å². The van der Waals surface area contributed by atoms with Gasteiger partial charge in [0.1, 0.15) is 0 Å². The van der Waals surface area contributed by atoms with Gasteiger partial charge in [0.05, 0.1) is 5.56 Å². The molecule has 0 heterocycles. The number of carboxylic acids is 1. The van der Waals surface area contributed by atoms with E-state index >= 15 is 0 Å². The third-order valence-electron chi connectivity index (χ3n) is 2.99. The van der Waals surface area contributed by atoms with Crippen molar-refractivity contribution in [3.8, 4) is 0 Å². The molecule has 0 amide bonds. The molecule has 98 valence electrons. The number of carbonyl (C=O) groups is 1. The first-order valence-electron chi connectivity index (χ1n) is 5.90. The minimum absolute atomic E-state index is 0.331. The molecule has 0 bridgehead atoms. The van der Waals surface area contributed by atoms with Gasteiger partial charge >= 0.3 is 5.97 Å². The van der Waals surface area contributed by atoms with Crippen LogP contribution in [0.25, 0.3) is 0 Å². The standard InChI is InChI=1S/C15H14BrNO2/c1-10-12(15(18)19)6-4-8-14(10)17-9-11-5-2-3-7-13(11)16/h2-8,17H,9H2,1H3,(H,18,19). The maximum atomic E-state index is 11.1. The molecule has 2 N–H and O–H groups in total. The molecule has 0 aliphatic carbocycles. The first-order valence-corrected chi connectivity index (χ1v) is 6.69. The van der Waals surface area contributed by atoms with E-state index in [9.17, 15) is 4.79 Å². The number of hydrogen-bond acceptors (Lipinski definition) is 2. The van der Waals surface area contributed by atoms with Crippen LogP contribution in [-0.2, 0) is 6.54 Å². The zero-order valence-electron chi connectivity index (χ0n) is 10.5. The Hall–Kier alpha value is -1.81. The Bertz CT molecular complexity index is 611. The highest BCUT2D eigenvalue weighted by molar-refractivity contribution is 9.10. The number of carboxylic acid groups (broad SMARTS) is 1. The summed E-state index contributed by atoms with van der Waals surface area (Å²) in [6.07, 6.45) is 0. The van der Waals surface area contributed by atoms with Crippen LogP contribution in [-0.4, -0.2) is 11.1 Å². The number of benzene rings is 2. The molecule has 0 aliphatic heterocycles. The number of nitrogens with one attached hydrogen (secondary N) is 1. The lowest BCUT2D eigenvalue weighted by Gasteiger charge is -2.12. The number of rotatable bonds is 4. The van der Waals surface area contributed by atoms with Crippen molar-refractivity contribution < 1.29 is 9.90 Å². The zero-order chi connectivity index (χ0) is 13.8. The fourth-order valence-corrected chi connectivity index (χ4v) is 2.32. The summed E-state index contributed by atoms with van der Waals surface area (Å²) in [5.41, 5.74) is 3.05. The molecule has 0 unspecified atom stereocenters. The second-order valence-corrected chi connectivity index (χ2v) is 5.08. The Kier molecular flexibility index (Phi) is 4.22. The van der Waals surface area contributed by atoms with Crippen LogP contribution in [0.4, 0.5) is 5.69 Å². The highest BCUT2D eigenvalue weighted by Crippen LogP contribution is 2.22. The van der Waals surface area contributed by atoms with Gasteiger partial charge in [-0.1, -0.05) is 40.2 Å². The van der Waals surface area contributed by atoms with Crippen molar-refractivity contribution >= 4 is 27.6 Å². The topological polar surface area (TPSA) is 49.3 Å². The lowest BCUT2D eigenvalue weighted by atomic mass is 10.1. The van der Waals surface area contributed by atoms with E-state index in [1.54, 1.807) is 12.1 Å². The summed E-state index contributed by atoms with van der Waals surface area (Å²) >= 11 is 3.49. The van der Waals surface area contributed by atoms with E-state index in [-0.39, 0.29) is 0 Å². The average Bonchev–Trinajstić information content (AvgIpc) is 2.39. The summed E-state index contributed by atoms with van der Waals surface area (Å²) in [5, 5.41) is 12.4. The molecular formula is C15H14BrNO2. The van der Waals surface area contributed by atoms with E-state index in [0.717, 1.165) is 21.3 Å². The molecular weight excluding hydrogens is 306 g/mol. The number of halogens is 1. The molecule has 19 heavy (non-hydrogen) atoms. The van der Waals surface area contributed by atoms with Crippen LogP contribution in [0.2, 0.25) is 0 Å². The van der Waals surface area contributed by atoms with E-state index < -0.39 is 5.97 Å². The third kappa shape index (κ3) is 3.15. The lowest BCUT2D eigenvalue weighted by molar-refractivity contribution is 0.0696. The molecule has 0 aliphatic rings. The van der Waals surface area contributed by atoms with Crippen molar-refractivity contribution in [1.82, 2.24) is 0 Å². The average molecular weight is 320 g/mol. The van der Waals surface area contributed by atoms with Crippen LogP contribution >= 0.6 is 15.9 Å². The molecule has 2 aromatic carbocycles. The minimum atomic E-state index is -0.901. The highest BCUT2D eigenvalue weighted by Gasteiger charge is 2.09. The summed E-state index contributed by atoms with van der Waals surface area (Å²) in [5.74, 6) is -0.901. The van der Waals surface area contributed by atoms with Crippen molar-refractivity contribution in [2.75, 3.05) is 5.32 Å². The predicted octanol–water partition coefficient (Wildman–Crippen LogP) is 4.07. The Morgan fingerprint density at radius 3 is 2.63 bits per heavy atom. The van der Waals surface area contributed by atoms with Crippen LogP contribution in [0.5, 0.6) is 0 Å². The van der Waals surface area contributed by atoms with Gasteiger partial charge in [0.25, 0.3) is 0 Å². The molecule has 0 saturated carbocycles. The zero-order valence-corrected chi connectivity index (χ0v) is 12.1. The first-order chi connectivity index (χ1) is 9.09. The SMILES string of the molecule is Cc1c(NCc2ccccc2Br)cccc1C(=O)O. The van der Waals surface area contributed by atoms with Gasteiger partial charge < -0.3 is 10.4 Å². The van der Waals surface area contributed by atoms with Crippen molar-refractivity contribution in [2.45, 2.75) is 13.5 Å². The van der Waals surface area contributed by atoms with Gasteiger partial charge in [-0.25, -0.2) is 4.79 Å². The fourth-order valence-electron chi connectivity index (χ4n) is 1.89. The van der Waals surface area contributed by atoms with Gasteiger partial charge in [0.2, 0.25) is 0 Å². The molecule has 0 saturated heterocycles. The molecule has 0 radical (unpaired) electrons. The smallest absolute Gasteiger partial charge is 0.336 e.